The minimum Gasteiger partial charge on any atom is -0.356 e. The van der Waals surface area contributed by atoms with E-state index in [-0.39, 0.29) is 18.4 Å². The molecular weight excluding hydrogens is 314 g/mol. The van der Waals surface area contributed by atoms with Crippen LogP contribution in [0.15, 0.2) is 53.1 Å². The lowest BCUT2D eigenvalue weighted by Crippen LogP contribution is -2.34. The van der Waals surface area contributed by atoms with Crippen molar-refractivity contribution in [2.45, 2.75) is 26.3 Å². The molecule has 2 aromatic carbocycles. The zero-order valence-electron chi connectivity index (χ0n) is 14.3. The fourth-order valence-corrected chi connectivity index (χ4v) is 2.99. The molecule has 3 rings (SSSR count). The second-order valence-electron chi connectivity index (χ2n) is 5.89. The first kappa shape index (κ1) is 16.7. The zero-order valence-corrected chi connectivity index (χ0v) is 14.3. The molecule has 1 atom stereocenters. The second kappa shape index (κ2) is 7.18. The fraction of sp³-hybridized carbons (Fsp3) is 0.250. The highest BCUT2D eigenvalue weighted by Crippen LogP contribution is 2.23. The van der Waals surface area contributed by atoms with E-state index in [0.29, 0.717) is 23.4 Å². The van der Waals surface area contributed by atoms with Gasteiger partial charge in [0.15, 0.2) is 5.58 Å². The van der Waals surface area contributed by atoms with Crippen LogP contribution in [0.4, 0.5) is 0 Å². The van der Waals surface area contributed by atoms with E-state index in [1.807, 2.05) is 55.1 Å². The number of benzene rings is 2. The molecule has 1 amide bonds. The monoisotopic (exact) mass is 333 g/mol. The summed E-state index contributed by atoms with van der Waals surface area (Å²) in [6.45, 7) is 4.54. The molecule has 0 aliphatic heterocycles. The molecule has 0 aliphatic rings. The van der Waals surface area contributed by atoms with Gasteiger partial charge in [-0.1, -0.05) is 29.4 Å². The molecule has 0 radical (unpaired) electrons. The van der Waals surface area contributed by atoms with E-state index in [9.17, 15) is 4.79 Å². The summed E-state index contributed by atoms with van der Waals surface area (Å²) < 4.78 is 5.28. The molecule has 5 nitrogen and oxygen atoms in total. The number of likely N-dealkylation sites (N-methyl/N-ethyl adjacent to an activating group) is 1. The topological polar surface area (TPSA) is 70.1 Å². The molecule has 25 heavy (non-hydrogen) atoms. The maximum absolute atomic E-state index is 12.8. The van der Waals surface area contributed by atoms with Crippen LogP contribution >= 0.6 is 0 Å². The predicted molar refractivity (Wildman–Crippen MR) is 94.7 cm³/mol. The van der Waals surface area contributed by atoms with Gasteiger partial charge in [-0.3, -0.25) is 4.79 Å². The summed E-state index contributed by atoms with van der Waals surface area (Å²) >= 11 is 0. The van der Waals surface area contributed by atoms with Crippen LogP contribution in [0.25, 0.3) is 11.0 Å². The second-order valence-corrected chi connectivity index (χ2v) is 5.89. The van der Waals surface area contributed by atoms with Crippen molar-refractivity contribution < 1.29 is 9.32 Å². The van der Waals surface area contributed by atoms with E-state index < -0.39 is 0 Å². The van der Waals surface area contributed by atoms with E-state index in [1.54, 1.807) is 12.1 Å². The van der Waals surface area contributed by atoms with Crippen LogP contribution in [-0.2, 0) is 11.2 Å². The maximum atomic E-state index is 12.8. The molecule has 126 valence electrons. The average molecular weight is 333 g/mol. The van der Waals surface area contributed by atoms with Gasteiger partial charge in [0.25, 0.3) is 0 Å². The van der Waals surface area contributed by atoms with E-state index in [4.69, 9.17) is 9.78 Å². The first-order valence-corrected chi connectivity index (χ1v) is 8.27. The van der Waals surface area contributed by atoms with Crippen LogP contribution in [0.1, 0.15) is 36.7 Å². The third-order valence-electron chi connectivity index (χ3n) is 4.42. The van der Waals surface area contributed by atoms with Gasteiger partial charge in [-0.25, -0.2) is 0 Å². The number of fused-ring (bicyclic) bond motifs is 1. The lowest BCUT2D eigenvalue weighted by molar-refractivity contribution is -0.132. The first-order valence-electron chi connectivity index (χ1n) is 8.27. The van der Waals surface area contributed by atoms with Crippen molar-refractivity contribution in [1.29, 1.82) is 5.26 Å². The minimum atomic E-state index is -0.0802. The number of aromatic nitrogens is 1. The van der Waals surface area contributed by atoms with Gasteiger partial charge >= 0.3 is 0 Å². The number of amides is 1. The van der Waals surface area contributed by atoms with Crippen LogP contribution in [0.2, 0.25) is 0 Å². The van der Waals surface area contributed by atoms with Crippen LogP contribution in [0.5, 0.6) is 0 Å². The number of carbonyl (C=O) groups is 1. The molecule has 0 unspecified atom stereocenters. The van der Waals surface area contributed by atoms with E-state index >= 15 is 0 Å². The Bertz CT molecular complexity index is 922. The van der Waals surface area contributed by atoms with Crippen LogP contribution < -0.4 is 0 Å². The number of nitriles is 1. The number of nitrogens with zero attached hydrogens (tertiary/aromatic N) is 3. The number of hydrogen-bond donors (Lipinski definition) is 0. The van der Waals surface area contributed by atoms with Crippen LogP contribution in [0, 0.1) is 11.3 Å². The van der Waals surface area contributed by atoms with Gasteiger partial charge in [-0.2, -0.15) is 5.26 Å². The minimum absolute atomic E-state index is 0.00147. The highest BCUT2D eigenvalue weighted by molar-refractivity contribution is 5.86. The zero-order chi connectivity index (χ0) is 17.8. The summed E-state index contributed by atoms with van der Waals surface area (Å²) in [6, 6.07) is 16.9. The highest BCUT2D eigenvalue weighted by atomic mass is 16.5. The van der Waals surface area contributed by atoms with Gasteiger partial charge in [-0.05, 0) is 43.7 Å². The molecule has 0 spiro atoms. The van der Waals surface area contributed by atoms with Crippen molar-refractivity contribution in [3.63, 3.8) is 0 Å². The molecule has 1 heterocycles. The molecule has 5 heteroatoms. The van der Waals surface area contributed by atoms with Gasteiger partial charge < -0.3 is 9.42 Å². The summed E-state index contributed by atoms with van der Waals surface area (Å²) in [4.78, 5) is 14.6. The summed E-state index contributed by atoms with van der Waals surface area (Å²) in [6.07, 6.45) is 0.200. The van der Waals surface area contributed by atoms with Crippen LogP contribution in [-0.4, -0.2) is 22.5 Å². The Kier molecular flexibility index (Phi) is 4.80. The normalized spacial score (nSPS) is 11.9. The lowest BCUT2D eigenvalue weighted by Gasteiger charge is -2.28. The van der Waals surface area contributed by atoms with Gasteiger partial charge in [0, 0.05) is 11.9 Å². The number of para-hydroxylation sites is 1. The molecule has 0 N–H and O–H groups in total. The summed E-state index contributed by atoms with van der Waals surface area (Å²) in [7, 11) is 0. The molecule has 1 aromatic heterocycles. The fourth-order valence-electron chi connectivity index (χ4n) is 2.99. The maximum Gasteiger partial charge on any atom is 0.229 e. The highest BCUT2D eigenvalue weighted by Gasteiger charge is 2.22. The largest absolute Gasteiger partial charge is 0.356 e. The van der Waals surface area contributed by atoms with E-state index in [1.165, 1.54) is 0 Å². The Balaban J connectivity index is 1.79. The van der Waals surface area contributed by atoms with Crippen molar-refractivity contribution in [3.8, 4) is 6.07 Å². The number of carbonyl (C=O) groups excluding carboxylic acids is 1. The first-order chi connectivity index (χ1) is 12.1. The Hall–Kier alpha value is -3.13. The molecule has 0 fully saturated rings. The third kappa shape index (κ3) is 3.38. The summed E-state index contributed by atoms with van der Waals surface area (Å²) in [5, 5.41) is 13.8. The molecule has 0 saturated heterocycles. The Morgan fingerprint density at radius 3 is 2.64 bits per heavy atom. The van der Waals surface area contributed by atoms with Crippen molar-refractivity contribution in [3.05, 3.63) is 65.4 Å². The SMILES string of the molecule is CCN(C(=O)Cc1noc2ccccc12)[C@@H](C)c1ccc(C#N)cc1. The molecule has 0 aliphatic carbocycles. The Morgan fingerprint density at radius 1 is 1.24 bits per heavy atom. The molecular formula is C20H19N3O2. The molecule has 0 bridgehead atoms. The predicted octanol–water partition coefficient (Wildman–Crippen LogP) is 3.85. The van der Waals surface area contributed by atoms with E-state index in [0.717, 1.165) is 10.9 Å². The molecule has 3 aromatic rings. The average Bonchev–Trinajstić information content (AvgIpc) is 3.05. The summed E-state index contributed by atoms with van der Waals surface area (Å²) in [5.74, 6) is -0.00147. The Morgan fingerprint density at radius 2 is 1.96 bits per heavy atom. The van der Waals surface area contributed by atoms with Crippen molar-refractivity contribution >= 4 is 16.9 Å². The molecule has 0 saturated carbocycles. The van der Waals surface area contributed by atoms with Gasteiger partial charge in [-0.15, -0.1) is 0 Å². The van der Waals surface area contributed by atoms with Crippen molar-refractivity contribution in [2.75, 3.05) is 6.54 Å². The van der Waals surface area contributed by atoms with Gasteiger partial charge in [0.1, 0.15) is 5.69 Å². The van der Waals surface area contributed by atoms with Gasteiger partial charge in [0.05, 0.1) is 24.1 Å². The third-order valence-corrected chi connectivity index (χ3v) is 4.42. The van der Waals surface area contributed by atoms with E-state index in [2.05, 4.69) is 11.2 Å². The number of rotatable bonds is 5. The standard InChI is InChI=1S/C20H19N3O2/c1-3-23(14(2)16-10-8-15(13-21)9-11-16)20(24)12-18-17-6-4-5-7-19(17)25-22-18/h4-11,14H,3,12H2,1-2H3/t14-/m0/s1. The Labute approximate surface area is 146 Å². The van der Waals surface area contributed by atoms with Crippen LogP contribution in [0.3, 0.4) is 0 Å². The van der Waals surface area contributed by atoms with Crippen molar-refractivity contribution in [1.82, 2.24) is 10.1 Å². The lowest BCUT2D eigenvalue weighted by atomic mass is 10.0. The smallest absolute Gasteiger partial charge is 0.229 e. The summed E-state index contributed by atoms with van der Waals surface area (Å²) in [5.41, 5.74) is 2.96. The quantitative estimate of drug-likeness (QED) is 0.711. The van der Waals surface area contributed by atoms with Crippen molar-refractivity contribution in [2.24, 2.45) is 0 Å². The number of hydrogen-bond acceptors (Lipinski definition) is 4. The van der Waals surface area contributed by atoms with Gasteiger partial charge in [0.2, 0.25) is 5.91 Å².